The molecule has 1 unspecified atom stereocenters. The molecular formula is C15H19N3O2S2. The molecule has 2 aromatic rings. The molecular weight excluding hydrogens is 318 g/mol. The van der Waals surface area contributed by atoms with Crippen LogP contribution in [0.15, 0.2) is 28.6 Å². The van der Waals surface area contributed by atoms with E-state index in [9.17, 15) is 4.79 Å². The van der Waals surface area contributed by atoms with Gasteiger partial charge < -0.3 is 10.1 Å². The van der Waals surface area contributed by atoms with E-state index in [1.54, 1.807) is 7.11 Å². The van der Waals surface area contributed by atoms with Gasteiger partial charge in [0.05, 0.1) is 12.4 Å². The van der Waals surface area contributed by atoms with E-state index >= 15 is 0 Å². The average molecular weight is 337 g/mol. The number of benzene rings is 1. The number of carbonyl (C=O) groups is 1. The molecule has 5 nitrogen and oxygen atoms in total. The summed E-state index contributed by atoms with van der Waals surface area (Å²) in [4.78, 5) is 12.0. The summed E-state index contributed by atoms with van der Waals surface area (Å²) >= 11 is 2.95. The lowest BCUT2D eigenvalue weighted by Gasteiger charge is -2.10. The maximum atomic E-state index is 12.0. The predicted molar refractivity (Wildman–Crippen MR) is 89.7 cm³/mol. The summed E-state index contributed by atoms with van der Waals surface area (Å²) in [6, 6.07) is 7.86. The Bertz CT molecular complexity index is 614. The van der Waals surface area contributed by atoms with Crippen molar-refractivity contribution in [1.29, 1.82) is 0 Å². The number of thioether (sulfide) groups is 1. The molecule has 0 radical (unpaired) electrons. The van der Waals surface area contributed by atoms with Crippen LogP contribution in [0.4, 0.5) is 0 Å². The van der Waals surface area contributed by atoms with Crippen LogP contribution in [0.1, 0.15) is 17.5 Å². The van der Waals surface area contributed by atoms with Gasteiger partial charge in [0, 0.05) is 6.54 Å². The number of carbonyl (C=O) groups excluding carboxylic acids is 1. The number of ether oxygens (including phenoxy) is 1. The Morgan fingerprint density at radius 3 is 2.68 bits per heavy atom. The van der Waals surface area contributed by atoms with Crippen LogP contribution in [0.2, 0.25) is 0 Å². The molecule has 0 saturated carbocycles. The molecule has 1 heterocycles. The van der Waals surface area contributed by atoms with Crippen LogP contribution in [0.25, 0.3) is 0 Å². The van der Waals surface area contributed by atoms with E-state index < -0.39 is 0 Å². The van der Waals surface area contributed by atoms with Gasteiger partial charge in [-0.1, -0.05) is 35.2 Å². The molecule has 1 aromatic carbocycles. The van der Waals surface area contributed by atoms with Gasteiger partial charge in [-0.2, -0.15) is 0 Å². The first kappa shape index (κ1) is 16.8. The van der Waals surface area contributed by atoms with Gasteiger partial charge in [-0.15, -0.1) is 10.2 Å². The number of hydrogen-bond donors (Lipinski definition) is 1. The van der Waals surface area contributed by atoms with Crippen molar-refractivity contribution in [2.45, 2.75) is 29.9 Å². The number of nitrogens with zero attached hydrogens (tertiary/aromatic N) is 2. The summed E-state index contributed by atoms with van der Waals surface area (Å²) in [5.74, 6) is 0.858. The molecule has 0 fully saturated rings. The van der Waals surface area contributed by atoms with Gasteiger partial charge in [0.2, 0.25) is 5.91 Å². The minimum absolute atomic E-state index is 0.0198. The molecule has 2 rings (SSSR count). The molecule has 1 atom stereocenters. The zero-order valence-corrected chi connectivity index (χ0v) is 14.5. The largest absolute Gasteiger partial charge is 0.497 e. The van der Waals surface area contributed by atoms with Gasteiger partial charge in [0.25, 0.3) is 0 Å². The Morgan fingerprint density at radius 1 is 1.36 bits per heavy atom. The van der Waals surface area contributed by atoms with Gasteiger partial charge in [0.15, 0.2) is 4.34 Å². The molecule has 0 aliphatic heterocycles. The summed E-state index contributed by atoms with van der Waals surface area (Å²) < 4.78 is 5.95. The Kier molecular flexibility index (Phi) is 6.21. The van der Waals surface area contributed by atoms with Crippen molar-refractivity contribution in [1.82, 2.24) is 15.5 Å². The Labute approximate surface area is 138 Å². The Hall–Kier alpha value is -1.60. The third-order valence-corrected chi connectivity index (χ3v) is 5.05. The molecule has 0 saturated heterocycles. The first-order chi connectivity index (χ1) is 10.6. The van der Waals surface area contributed by atoms with Gasteiger partial charge in [-0.25, -0.2) is 0 Å². The fourth-order valence-electron chi connectivity index (χ4n) is 1.80. The van der Waals surface area contributed by atoms with E-state index in [0.29, 0.717) is 6.54 Å². The van der Waals surface area contributed by atoms with E-state index in [1.165, 1.54) is 28.7 Å². The van der Waals surface area contributed by atoms with E-state index in [4.69, 9.17) is 4.74 Å². The van der Waals surface area contributed by atoms with Crippen LogP contribution in [0.5, 0.6) is 5.75 Å². The molecule has 1 N–H and O–H groups in total. The Morgan fingerprint density at radius 2 is 2.09 bits per heavy atom. The molecule has 0 bridgehead atoms. The number of amides is 1. The van der Waals surface area contributed by atoms with Crippen LogP contribution < -0.4 is 10.1 Å². The summed E-state index contributed by atoms with van der Waals surface area (Å²) in [5, 5.41) is 11.7. The maximum absolute atomic E-state index is 12.0. The fourth-order valence-corrected chi connectivity index (χ4v) is 3.78. The second kappa shape index (κ2) is 8.14. The highest BCUT2D eigenvalue weighted by atomic mass is 32.2. The van der Waals surface area contributed by atoms with E-state index in [0.717, 1.165) is 21.5 Å². The lowest BCUT2D eigenvalue weighted by molar-refractivity contribution is -0.120. The normalized spacial score (nSPS) is 12.0. The van der Waals surface area contributed by atoms with Crippen LogP contribution in [-0.2, 0) is 11.2 Å². The van der Waals surface area contributed by atoms with Crippen molar-refractivity contribution >= 4 is 29.0 Å². The number of methoxy groups -OCH3 is 1. The highest BCUT2D eigenvalue weighted by Gasteiger charge is 2.16. The minimum Gasteiger partial charge on any atom is -0.497 e. The van der Waals surface area contributed by atoms with Crippen molar-refractivity contribution in [2.75, 3.05) is 13.7 Å². The molecule has 0 spiro atoms. The highest BCUT2D eigenvalue weighted by Crippen LogP contribution is 2.26. The zero-order valence-electron chi connectivity index (χ0n) is 12.8. The predicted octanol–water partition coefficient (Wildman–Crippen LogP) is 2.69. The molecule has 118 valence electrons. The number of hydrogen-bond acceptors (Lipinski definition) is 6. The van der Waals surface area contributed by atoms with Crippen molar-refractivity contribution < 1.29 is 9.53 Å². The monoisotopic (exact) mass is 337 g/mol. The van der Waals surface area contributed by atoms with E-state index in [1.807, 2.05) is 38.1 Å². The number of rotatable bonds is 7. The van der Waals surface area contributed by atoms with Crippen molar-refractivity contribution in [3.8, 4) is 5.75 Å². The minimum atomic E-state index is -0.178. The van der Waals surface area contributed by atoms with Crippen LogP contribution in [-0.4, -0.2) is 35.0 Å². The first-order valence-corrected chi connectivity index (χ1v) is 8.65. The van der Waals surface area contributed by atoms with Gasteiger partial charge in [-0.3, -0.25) is 4.79 Å². The second-order valence-electron chi connectivity index (χ2n) is 4.74. The van der Waals surface area contributed by atoms with E-state index in [-0.39, 0.29) is 11.2 Å². The van der Waals surface area contributed by atoms with Gasteiger partial charge in [0.1, 0.15) is 10.8 Å². The highest BCUT2D eigenvalue weighted by molar-refractivity contribution is 8.02. The summed E-state index contributed by atoms with van der Waals surface area (Å²) in [6.45, 7) is 4.40. The van der Waals surface area contributed by atoms with E-state index in [2.05, 4.69) is 15.5 Å². The summed E-state index contributed by atoms with van der Waals surface area (Å²) in [6.07, 6.45) is 0.797. The first-order valence-electron chi connectivity index (χ1n) is 6.96. The van der Waals surface area contributed by atoms with Crippen molar-refractivity contribution in [2.24, 2.45) is 0 Å². The molecule has 1 amide bonds. The maximum Gasteiger partial charge on any atom is 0.233 e. The summed E-state index contributed by atoms with van der Waals surface area (Å²) in [5.41, 5.74) is 1.17. The summed E-state index contributed by atoms with van der Waals surface area (Å²) in [7, 11) is 1.65. The molecule has 22 heavy (non-hydrogen) atoms. The number of nitrogens with one attached hydrogen (secondary N) is 1. The topological polar surface area (TPSA) is 64.1 Å². The van der Waals surface area contributed by atoms with Crippen LogP contribution in [0, 0.1) is 6.92 Å². The molecule has 1 aromatic heterocycles. The number of aromatic nitrogens is 2. The second-order valence-corrected chi connectivity index (χ2v) is 7.51. The molecule has 0 aliphatic rings. The van der Waals surface area contributed by atoms with Gasteiger partial charge >= 0.3 is 0 Å². The Balaban J connectivity index is 1.74. The number of aryl methyl sites for hydroxylation is 1. The standard InChI is InChI=1S/C15H19N3O2S2/c1-10(21-15-18-17-11(2)22-15)14(19)16-9-8-12-4-6-13(20-3)7-5-12/h4-7,10H,8-9H2,1-3H3,(H,16,19). The van der Waals surface area contributed by atoms with Crippen molar-refractivity contribution in [3.63, 3.8) is 0 Å². The van der Waals surface area contributed by atoms with Gasteiger partial charge in [-0.05, 0) is 38.0 Å². The lowest BCUT2D eigenvalue weighted by atomic mass is 10.1. The van der Waals surface area contributed by atoms with Crippen LogP contribution in [0.3, 0.4) is 0 Å². The third kappa shape index (κ3) is 4.99. The zero-order chi connectivity index (χ0) is 15.9. The lowest BCUT2D eigenvalue weighted by Crippen LogP contribution is -2.32. The SMILES string of the molecule is COc1ccc(CCNC(=O)C(C)Sc2nnc(C)s2)cc1. The molecule has 7 heteroatoms. The van der Waals surface area contributed by atoms with Crippen LogP contribution >= 0.6 is 23.1 Å². The molecule has 0 aliphatic carbocycles. The van der Waals surface area contributed by atoms with Crippen molar-refractivity contribution in [3.05, 3.63) is 34.8 Å². The third-order valence-electron chi connectivity index (χ3n) is 3.03. The smallest absolute Gasteiger partial charge is 0.233 e. The quantitative estimate of drug-likeness (QED) is 0.787. The fraction of sp³-hybridized carbons (Fsp3) is 0.400. The average Bonchev–Trinajstić information content (AvgIpc) is 2.93.